The molecule has 1 atom stereocenters. The Labute approximate surface area is 141 Å². The van der Waals surface area contributed by atoms with Gasteiger partial charge in [-0.25, -0.2) is 0 Å². The van der Waals surface area contributed by atoms with Crippen LogP contribution in [0.3, 0.4) is 0 Å². The van der Waals surface area contributed by atoms with Gasteiger partial charge in [-0.05, 0) is 36.2 Å². The Morgan fingerprint density at radius 2 is 1.91 bits per heavy atom. The van der Waals surface area contributed by atoms with Crippen LogP contribution in [-0.4, -0.2) is 18.2 Å². The number of benzene rings is 2. The molecule has 0 radical (unpaired) electrons. The Morgan fingerprint density at radius 3 is 2.61 bits per heavy atom. The lowest BCUT2D eigenvalue weighted by molar-refractivity contribution is -0.115. The molecule has 1 heterocycles. The van der Waals surface area contributed by atoms with E-state index in [1.807, 2.05) is 30.3 Å². The molecule has 1 fully saturated rings. The van der Waals surface area contributed by atoms with E-state index < -0.39 is 0 Å². The van der Waals surface area contributed by atoms with Gasteiger partial charge in [-0.3, -0.25) is 15.6 Å². The molecule has 3 rings (SSSR count). The van der Waals surface area contributed by atoms with Crippen LogP contribution in [0.2, 0.25) is 0 Å². The molecule has 23 heavy (non-hydrogen) atoms. The lowest BCUT2D eigenvalue weighted by atomic mass is 10.1. The average Bonchev–Trinajstić information content (AvgIpc) is 3.11. The second kappa shape index (κ2) is 8.15. The second-order valence-corrected chi connectivity index (χ2v) is 6.66. The van der Waals surface area contributed by atoms with E-state index in [-0.39, 0.29) is 5.91 Å². The summed E-state index contributed by atoms with van der Waals surface area (Å²) in [6.45, 7) is 0.988. The highest BCUT2D eigenvalue weighted by molar-refractivity contribution is 7.99. The number of anilines is 1. The normalized spacial score (nSPS) is 17.1. The maximum Gasteiger partial charge on any atom is 0.225 e. The van der Waals surface area contributed by atoms with Gasteiger partial charge < -0.3 is 5.32 Å². The second-order valence-electron chi connectivity index (χ2n) is 5.49. The van der Waals surface area contributed by atoms with Gasteiger partial charge in [-0.2, -0.15) is 0 Å². The first-order valence-corrected chi connectivity index (χ1v) is 8.86. The molecule has 1 aliphatic rings. The predicted octanol–water partition coefficient (Wildman–Crippen LogP) is 3.35. The van der Waals surface area contributed by atoms with Gasteiger partial charge in [-0.15, -0.1) is 11.8 Å². The summed E-state index contributed by atoms with van der Waals surface area (Å²) in [5.41, 5.74) is 8.47. The van der Waals surface area contributed by atoms with Crippen molar-refractivity contribution in [1.29, 1.82) is 0 Å². The molecule has 2 aromatic carbocycles. The zero-order chi connectivity index (χ0) is 15.9. The zero-order valence-electron chi connectivity index (χ0n) is 12.9. The third-order valence-electron chi connectivity index (χ3n) is 3.77. The van der Waals surface area contributed by atoms with Gasteiger partial charge in [0.1, 0.15) is 0 Å². The molecule has 2 aromatic rings. The molecule has 4 nitrogen and oxygen atoms in total. The summed E-state index contributed by atoms with van der Waals surface area (Å²) >= 11 is 1.70. The van der Waals surface area contributed by atoms with Crippen molar-refractivity contribution in [3.8, 4) is 0 Å². The van der Waals surface area contributed by atoms with Crippen molar-refractivity contribution < 1.29 is 4.79 Å². The summed E-state index contributed by atoms with van der Waals surface area (Å²) in [7, 11) is 0. The summed E-state index contributed by atoms with van der Waals surface area (Å²) in [6, 6.07) is 18.6. The van der Waals surface area contributed by atoms with Crippen LogP contribution >= 0.6 is 11.8 Å². The molecule has 1 aliphatic heterocycles. The van der Waals surface area contributed by atoms with Crippen LogP contribution in [0.1, 0.15) is 24.4 Å². The molecule has 1 amide bonds. The molecular formula is C18H21N3OS. The summed E-state index contributed by atoms with van der Waals surface area (Å²) in [6.07, 6.45) is 1.60. The average molecular weight is 327 g/mol. The number of hydrogen-bond acceptors (Lipinski definition) is 4. The number of rotatable bonds is 6. The van der Waals surface area contributed by atoms with Gasteiger partial charge in [0.2, 0.25) is 5.91 Å². The van der Waals surface area contributed by atoms with Crippen LogP contribution in [-0.2, 0) is 4.79 Å². The Hall–Kier alpha value is -1.82. The lowest BCUT2D eigenvalue weighted by Crippen LogP contribution is -2.24. The maximum atomic E-state index is 12.0. The molecular weight excluding hydrogens is 306 g/mol. The highest BCUT2D eigenvalue weighted by atomic mass is 32.2. The van der Waals surface area contributed by atoms with Crippen molar-refractivity contribution in [2.24, 2.45) is 0 Å². The van der Waals surface area contributed by atoms with Crippen LogP contribution in [0, 0.1) is 0 Å². The third kappa shape index (κ3) is 4.82. The van der Waals surface area contributed by atoms with E-state index in [1.165, 1.54) is 10.5 Å². The molecule has 0 bridgehead atoms. The first kappa shape index (κ1) is 16.1. The highest BCUT2D eigenvalue weighted by Gasteiger charge is 2.15. The van der Waals surface area contributed by atoms with Gasteiger partial charge >= 0.3 is 0 Å². The standard InChI is InChI=1S/C18H21N3OS/c22-18(11-13-23-16-4-2-1-3-5-16)20-15-8-6-14(7-9-15)17-10-12-19-21-17/h1-9,17,19,21H,10-13H2,(H,20,22). The van der Waals surface area contributed by atoms with Crippen molar-refractivity contribution in [1.82, 2.24) is 10.9 Å². The Bertz CT molecular complexity index is 624. The maximum absolute atomic E-state index is 12.0. The number of amides is 1. The Morgan fingerprint density at radius 1 is 1.13 bits per heavy atom. The fourth-order valence-electron chi connectivity index (χ4n) is 2.53. The SMILES string of the molecule is O=C(CCSc1ccccc1)Nc1ccc(C2CCNN2)cc1. The van der Waals surface area contributed by atoms with Crippen molar-refractivity contribution in [2.75, 3.05) is 17.6 Å². The van der Waals surface area contributed by atoms with Crippen LogP contribution in [0.4, 0.5) is 5.69 Å². The Kier molecular flexibility index (Phi) is 5.69. The molecule has 0 saturated carbocycles. The van der Waals surface area contributed by atoms with E-state index >= 15 is 0 Å². The summed E-state index contributed by atoms with van der Waals surface area (Å²) in [5, 5.41) is 2.96. The summed E-state index contributed by atoms with van der Waals surface area (Å²) in [5.74, 6) is 0.841. The highest BCUT2D eigenvalue weighted by Crippen LogP contribution is 2.21. The minimum atomic E-state index is 0.0573. The van der Waals surface area contributed by atoms with Gasteiger partial charge in [0.05, 0.1) is 0 Å². The topological polar surface area (TPSA) is 53.2 Å². The van der Waals surface area contributed by atoms with E-state index in [9.17, 15) is 4.79 Å². The fraction of sp³-hybridized carbons (Fsp3) is 0.278. The first-order valence-electron chi connectivity index (χ1n) is 7.87. The van der Waals surface area contributed by atoms with Crippen LogP contribution < -0.4 is 16.2 Å². The van der Waals surface area contributed by atoms with Gasteiger partial charge in [-0.1, -0.05) is 30.3 Å². The van der Waals surface area contributed by atoms with Gasteiger partial charge in [0, 0.05) is 35.3 Å². The smallest absolute Gasteiger partial charge is 0.225 e. The van der Waals surface area contributed by atoms with Gasteiger partial charge in [0.15, 0.2) is 0 Å². The molecule has 0 aromatic heterocycles. The molecule has 1 saturated heterocycles. The molecule has 0 aliphatic carbocycles. The van der Waals surface area contributed by atoms with E-state index in [0.717, 1.165) is 24.4 Å². The molecule has 120 valence electrons. The number of carbonyl (C=O) groups is 1. The molecule has 5 heteroatoms. The minimum absolute atomic E-state index is 0.0573. The largest absolute Gasteiger partial charge is 0.326 e. The quantitative estimate of drug-likeness (QED) is 0.712. The van der Waals surface area contributed by atoms with E-state index in [1.54, 1.807) is 11.8 Å². The van der Waals surface area contributed by atoms with E-state index in [2.05, 4.69) is 40.4 Å². The number of nitrogens with one attached hydrogen (secondary N) is 3. The molecule has 0 spiro atoms. The van der Waals surface area contributed by atoms with Crippen molar-refractivity contribution in [3.05, 3.63) is 60.2 Å². The number of thioether (sulfide) groups is 1. The predicted molar refractivity (Wildman–Crippen MR) is 95.4 cm³/mol. The van der Waals surface area contributed by atoms with Crippen LogP contribution in [0.5, 0.6) is 0 Å². The van der Waals surface area contributed by atoms with Crippen LogP contribution in [0.15, 0.2) is 59.5 Å². The Balaban J connectivity index is 1.44. The first-order chi connectivity index (χ1) is 11.3. The monoisotopic (exact) mass is 327 g/mol. The summed E-state index contributed by atoms with van der Waals surface area (Å²) < 4.78 is 0. The number of hydrazine groups is 1. The van der Waals surface area contributed by atoms with E-state index in [4.69, 9.17) is 0 Å². The van der Waals surface area contributed by atoms with Gasteiger partial charge in [0.25, 0.3) is 0 Å². The van der Waals surface area contributed by atoms with E-state index in [0.29, 0.717) is 12.5 Å². The number of hydrogen-bond donors (Lipinski definition) is 3. The lowest BCUT2D eigenvalue weighted by Gasteiger charge is -2.11. The zero-order valence-corrected chi connectivity index (χ0v) is 13.7. The van der Waals surface area contributed by atoms with Crippen molar-refractivity contribution >= 4 is 23.4 Å². The molecule has 1 unspecified atom stereocenters. The number of carbonyl (C=O) groups excluding carboxylic acids is 1. The minimum Gasteiger partial charge on any atom is -0.326 e. The fourth-order valence-corrected chi connectivity index (χ4v) is 3.41. The molecule has 3 N–H and O–H groups in total. The van der Waals surface area contributed by atoms with Crippen molar-refractivity contribution in [3.63, 3.8) is 0 Å². The van der Waals surface area contributed by atoms with Crippen molar-refractivity contribution in [2.45, 2.75) is 23.8 Å². The third-order valence-corrected chi connectivity index (χ3v) is 4.79. The van der Waals surface area contributed by atoms with Crippen LogP contribution in [0.25, 0.3) is 0 Å². The summed E-state index contributed by atoms with van der Waals surface area (Å²) in [4.78, 5) is 13.2.